The molecule has 0 saturated heterocycles. The lowest BCUT2D eigenvalue weighted by molar-refractivity contribution is -0.142. The molecule has 126 valence electrons. The summed E-state index contributed by atoms with van der Waals surface area (Å²) in [5, 5.41) is 2.53. The fourth-order valence-electron chi connectivity index (χ4n) is 1.62. The summed E-state index contributed by atoms with van der Waals surface area (Å²) in [7, 11) is 0. The Morgan fingerprint density at radius 3 is 2.27 bits per heavy atom. The molecule has 6 nitrogen and oxygen atoms in total. The molecule has 0 saturated carbocycles. The third-order valence-electron chi connectivity index (χ3n) is 2.60. The van der Waals surface area contributed by atoms with E-state index in [1.165, 1.54) is 6.08 Å². The van der Waals surface area contributed by atoms with Crippen LogP contribution in [0.3, 0.4) is 0 Å². The summed E-state index contributed by atoms with van der Waals surface area (Å²) in [6.45, 7) is 12.3. The van der Waals surface area contributed by atoms with Crippen LogP contribution < -0.4 is 5.32 Å². The zero-order chi connectivity index (χ0) is 17.3. The van der Waals surface area contributed by atoms with Crippen molar-refractivity contribution >= 4 is 17.8 Å². The monoisotopic (exact) mass is 313 g/mol. The van der Waals surface area contributed by atoms with Crippen LogP contribution in [0.15, 0.2) is 12.7 Å². The number of nitrogens with one attached hydrogen (secondary N) is 1. The first kappa shape index (κ1) is 20.1. The Morgan fingerprint density at radius 2 is 1.82 bits per heavy atom. The summed E-state index contributed by atoms with van der Waals surface area (Å²) < 4.78 is 9.99. The van der Waals surface area contributed by atoms with E-state index in [1.54, 1.807) is 34.6 Å². The summed E-state index contributed by atoms with van der Waals surface area (Å²) >= 11 is 0. The van der Waals surface area contributed by atoms with Crippen LogP contribution in [0.2, 0.25) is 0 Å². The molecule has 1 atom stereocenters. The molecule has 6 heteroatoms. The maximum Gasteiger partial charge on any atom is 0.408 e. The first-order valence-corrected chi connectivity index (χ1v) is 7.36. The molecule has 1 N–H and O–H groups in total. The minimum absolute atomic E-state index is 0.0345. The van der Waals surface area contributed by atoms with Crippen LogP contribution in [0, 0.1) is 5.92 Å². The Kier molecular flexibility index (Phi) is 8.45. The molecule has 0 aliphatic heterocycles. The molecule has 0 aliphatic carbocycles. The van der Waals surface area contributed by atoms with E-state index >= 15 is 0 Å². The van der Waals surface area contributed by atoms with Crippen molar-refractivity contribution in [2.75, 3.05) is 6.61 Å². The first-order valence-electron chi connectivity index (χ1n) is 7.36. The molecule has 0 spiro atoms. The van der Waals surface area contributed by atoms with E-state index in [1.807, 2.05) is 0 Å². The SMILES string of the molecule is C=CCOC(=O)CC[C@H](NC(=O)OC(C)(C)C)C(=O)C(C)C. The van der Waals surface area contributed by atoms with Gasteiger partial charge in [0.1, 0.15) is 12.2 Å². The van der Waals surface area contributed by atoms with Crippen LogP contribution in [0.5, 0.6) is 0 Å². The van der Waals surface area contributed by atoms with E-state index < -0.39 is 23.7 Å². The Labute approximate surface area is 132 Å². The number of Topliss-reactive ketones (excluding diaryl/α,β-unsaturated/α-hetero) is 1. The lowest BCUT2D eigenvalue weighted by Crippen LogP contribution is -2.45. The van der Waals surface area contributed by atoms with Gasteiger partial charge in [0.2, 0.25) is 0 Å². The number of carbonyl (C=O) groups excluding carboxylic acids is 3. The van der Waals surface area contributed by atoms with E-state index in [2.05, 4.69) is 11.9 Å². The minimum atomic E-state index is -0.772. The number of hydrogen-bond donors (Lipinski definition) is 1. The maximum absolute atomic E-state index is 12.1. The number of esters is 1. The molecule has 0 rings (SSSR count). The molecule has 0 unspecified atom stereocenters. The highest BCUT2D eigenvalue weighted by Gasteiger charge is 2.26. The van der Waals surface area contributed by atoms with Gasteiger partial charge in [-0.15, -0.1) is 0 Å². The Balaban J connectivity index is 4.64. The second-order valence-corrected chi connectivity index (χ2v) is 6.27. The lowest BCUT2D eigenvalue weighted by atomic mass is 9.98. The van der Waals surface area contributed by atoms with E-state index in [9.17, 15) is 14.4 Å². The van der Waals surface area contributed by atoms with Gasteiger partial charge in [0.25, 0.3) is 0 Å². The number of rotatable bonds is 8. The molecule has 0 aliphatic rings. The molecular formula is C16H27NO5. The van der Waals surface area contributed by atoms with Gasteiger partial charge in [-0.05, 0) is 27.2 Å². The second-order valence-electron chi connectivity index (χ2n) is 6.27. The average molecular weight is 313 g/mol. The molecule has 0 radical (unpaired) electrons. The predicted octanol–water partition coefficient (Wildman–Crippen LogP) is 2.61. The maximum atomic E-state index is 12.1. The Hall–Kier alpha value is -1.85. The molecule has 0 aromatic carbocycles. The fraction of sp³-hybridized carbons (Fsp3) is 0.688. The van der Waals surface area contributed by atoms with Gasteiger partial charge in [-0.2, -0.15) is 0 Å². The fourth-order valence-corrected chi connectivity index (χ4v) is 1.62. The largest absolute Gasteiger partial charge is 0.461 e. The van der Waals surface area contributed by atoms with Crippen molar-refractivity contribution < 1.29 is 23.9 Å². The van der Waals surface area contributed by atoms with Crippen molar-refractivity contribution in [1.82, 2.24) is 5.32 Å². The van der Waals surface area contributed by atoms with Crippen LogP contribution in [0.25, 0.3) is 0 Å². The van der Waals surface area contributed by atoms with E-state index in [0.717, 1.165) is 0 Å². The highest BCUT2D eigenvalue weighted by atomic mass is 16.6. The zero-order valence-electron chi connectivity index (χ0n) is 14.1. The molecule has 22 heavy (non-hydrogen) atoms. The lowest BCUT2D eigenvalue weighted by Gasteiger charge is -2.23. The Morgan fingerprint density at radius 1 is 1.23 bits per heavy atom. The normalized spacial score (nSPS) is 12.5. The molecule has 0 aromatic heterocycles. The van der Waals surface area contributed by atoms with Gasteiger partial charge in [0.15, 0.2) is 5.78 Å². The number of ketones is 1. The van der Waals surface area contributed by atoms with E-state index in [4.69, 9.17) is 9.47 Å². The van der Waals surface area contributed by atoms with Crippen LogP contribution in [-0.4, -0.2) is 36.1 Å². The van der Waals surface area contributed by atoms with Crippen molar-refractivity contribution in [2.45, 2.75) is 59.1 Å². The number of amides is 1. The third kappa shape index (κ3) is 9.15. The smallest absolute Gasteiger partial charge is 0.408 e. The molecule has 0 bridgehead atoms. The molecule has 0 aromatic rings. The summed E-state index contributed by atoms with van der Waals surface area (Å²) in [6, 6.07) is -0.772. The minimum Gasteiger partial charge on any atom is -0.461 e. The Bertz CT molecular complexity index is 409. The average Bonchev–Trinajstić information content (AvgIpc) is 2.37. The first-order chi connectivity index (χ1) is 10.1. The number of alkyl carbamates (subject to hydrolysis) is 1. The van der Waals surface area contributed by atoms with E-state index in [-0.39, 0.29) is 31.1 Å². The van der Waals surface area contributed by atoms with Gasteiger partial charge < -0.3 is 14.8 Å². The van der Waals surface area contributed by atoms with Crippen molar-refractivity contribution in [1.29, 1.82) is 0 Å². The van der Waals surface area contributed by atoms with Gasteiger partial charge in [-0.3, -0.25) is 9.59 Å². The number of hydrogen-bond acceptors (Lipinski definition) is 5. The number of ether oxygens (including phenoxy) is 2. The summed E-state index contributed by atoms with van der Waals surface area (Å²) in [5.41, 5.74) is -0.654. The summed E-state index contributed by atoms with van der Waals surface area (Å²) in [5.74, 6) is -0.848. The standard InChI is InChI=1S/C16H27NO5/c1-7-10-21-13(18)9-8-12(14(19)11(2)3)17-15(20)22-16(4,5)6/h7,11-12H,1,8-10H2,2-6H3,(H,17,20)/t12-/m0/s1. The summed E-state index contributed by atoms with van der Waals surface area (Å²) in [4.78, 5) is 35.4. The predicted molar refractivity (Wildman–Crippen MR) is 83.4 cm³/mol. The van der Waals surface area contributed by atoms with Crippen LogP contribution in [0.4, 0.5) is 4.79 Å². The van der Waals surface area contributed by atoms with Crippen LogP contribution in [-0.2, 0) is 19.1 Å². The third-order valence-corrected chi connectivity index (χ3v) is 2.60. The van der Waals surface area contributed by atoms with Gasteiger partial charge >= 0.3 is 12.1 Å². The quantitative estimate of drug-likeness (QED) is 0.550. The van der Waals surface area contributed by atoms with E-state index in [0.29, 0.717) is 0 Å². The van der Waals surface area contributed by atoms with Crippen molar-refractivity contribution in [3.63, 3.8) is 0 Å². The number of carbonyl (C=O) groups is 3. The topological polar surface area (TPSA) is 81.7 Å². The van der Waals surface area contributed by atoms with Crippen molar-refractivity contribution in [3.05, 3.63) is 12.7 Å². The zero-order valence-corrected chi connectivity index (χ0v) is 14.1. The van der Waals surface area contributed by atoms with Gasteiger partial charge in [0.05, 0.1) is 6.04 Å². The highest BCUT2D eigenvalue weighted by Crippen LogP contribution is 2.10. The van der Waals surface area contributed by atoms with Crippen LogP contribution >= 0.6 is 0 Å². The highest BCUT2D eigenvalue weighted by molar-refractivity contribution is 5.89. The van der Waals surface area contributed by atoms with Gasteiger partial charge in [-0.25, -0.2) is 4.79 Å². The van der Waals surface area contributed by atoms with Crippen molar-refractivity contribution in [3.8, 4) is 0 Å². The molecule has 0 fully saturated rings. The molecule has 1 amide bonds. The molecule has 0 heterocycles. The van der Waals surface area contributed by atoms with Gasteiger partial charge in [0, 0.05) is 12.3 Å². The van der Waals surface area contributed by atoms with Crippen LogP contribution in [0.1, 0.15) is 47.5 Å². The van der Waals surface area contributed by atoms with Gasteiger partial charge in [-0.1, -0.05) is 26.5 Å². The summed E-state index contributed by atoms with van der Waals surface area (Å²) in [6.07, 6.45) is 0.998. The second kappa shape index (κ2) is 9.23. The van der Waals surface area contributed by atoms with Crippen molar-refractivity contribution in [2.24, 2.45) is 5.92 Å². The molecular weight excluding hydrogens is 286 g/mol.